The molecule has 1 N–H and O–H groups in total. The van der Waals surface area contributed by atoms with E-state index >= 15 is 0 Å². The second kappa shape index (κ2) is 5.24. The van der Waals surface area contributed by atoms with E-state index < -0.39 is 9.85 Å². The van der Waals surface area contributed by atoms with Gasteiger partial charge in [-0.05, 0) is 26.2 Å². The Balaban J connectivity index is 2.33. The maximum Gasteiger partial charge on any atom is 0.327 e. The van der Waals surface area contributed by atoms with Gasteiger partial charge in [0.25, 0.3) is 0 Å². The number of fused-ring (bicyclic) bond motifs is 1. The van der Waals surface area contributed by atoms with Gasteiger partial charge >= 0.3 is 11.4 Å². The monoisotopic (exact) mass is 305 g/mol. The molecule has 22 heavy (non-hydrogen) atoms. The van der Waals surface area contributed by atoms with Gasteiger partial charge in [-0.15, -0.1) is 0 Å². The summed E-state index contributed by atoms with van der Waals surface area (Å²) in [6.07, 6.45) is 2.76. The van der Waals surface area contributed by atoms with Gasteiger partial charge < -0.3 is 9.88 Å². The lowest BCUT2D eigenvalue weighted by atomic mass is 10.1. The second-order valence-electron chi connectivity index (χ2n) is 5.37. The molecular formula is C13H15N5O4. The molecule has 0 saturated carbocycles. The summed E-state index contributed by atoms with van der Waals surface area (Å²) < 4.78 is 0. The molecule has 116 valence electrons. The SMILES string of the molecule is Cc1nc2c([N+](=O)[O-])c(N3CCCCC3)c([N+](=O)[O-])cc2[nH]1. The Labute approximate surface area is 125 Å². The largest absolute Gasteiger partial charge is 0.360 e. The van der Waals surface area contributed by atoms with E-state index in [1.807, 2.05) is 0 Å². The third kappa shape index (κ3) is 2.24. The molecule has 1 fully saturated rings. The molecule has 9 heteroatoms. The molecule has 9 nitrogen and oxygen atoms in total. The number of benzene rings is 1. The minimum absolute atomic E-state index is 0.0775. The molecule has 1 aliphatic heterocycles. The van der Waals surface area contributed by atoms with Crippen LogP contribution in [0.15, 0.2) is 6.07 Å². The predicted octanol–water partition coefficient (Wildman–Crippen LogP) is 2.68. The average Bonchev–Trinajstić information content (AvgIpc) is 2.85. The normalized spacial score (nSPS) is 15.2. The number of imidazole rings is 1. The highest BCUT2D eigenvalue weighted by Gasteiger charge is 2.34. The minimum atomic E-state index is -0.570. The van der Waals surface area contributed by atoms with Gasteiger partial charge in [0.15, 0.2) is 11.2 Å². The Kier molecular flexibility index (Phi) is 3.39. The molecule has 0 bridgehead atoms. The Morgan fingerprint density at radius 2 is 1.86 bits per heavy atom. The highest BCUT2D eigenvalue weighted by molar-refractivity contribution is 5.97. The summed E-state index contributed by atoms with van der Waals surface area (Å²) in [4.78, 5) is 30.6. The lowest BCUT2D eigenvalue weighted by Gasteiger charge is -2.27. The molecule has 2 heterocycles. The molecule has 1 aliphatic rings. The summed E-state index contributed by atoms with van der Waals surface area (Å²) in [7, 11) is 0. The number of nitro benzene ring substituents is 2. The number of aromatic amines is 1. The summed E-state index contributed by atoms with van der Waals surface area (Å²) in [6.45, 7) is 2.82. The quantitative estimate of drug-likeness (QED) is 0.688. The predicted molar refractivity (Wildman–Crippen MR) is 80.2 cm³/mol. The van der Waals surface area contributed by atoms with E-state index in [0.717, 1.165) is 19.3 Å². The zero-order valence-corrected chi connectivity index (χ0v) is 12.0. The van der Waals surface area contributed by atoms with Crippen molar-refractivity contribution in [2.75, 3.05) is 18.0 Å². The fourth-order valence-corrected chi connectivity index (χ4v) is 2.97. The number of H-pyrrole nitrogens is 1. The number of aromatic nitrogens is 2. The smallest absolute Gasteiger partial charge is 0.327 e. The number of aryl methyl sites for hydroxylation is 1. The number of rotatable bonds is 3. The van der Waals surface area contributed by atoms with E-state index in [2.05, 4.69) is 9.97 Å². The second-order valence-corrected chi connectivity index (χ2v) is 5.37. The molecule has 1 aromatic carbocycles. The van der Waals surface area contributed by atoms with Gasteiger partial charge in [0, 0.05) is 19.2 Å². The summed E-state index contributed by atoms with van der Waals surface area (Å²) in [5.74, 6) is 0.489. The van der Waals surface area contributed by atoms with Gasteiger partial charge in [0.2, 0.25) is 0 Å². The van der Waals surface area contributed by atoms with Crippen molar-refractivity contribution in [3.8, 4) is 0 Å². The van der Waals surface area contributed by atoms with Crippen molar-refractivity contribution < 1.29 is 9.85 Å². The summed E-state index contributed by atoms with van der Waals surface area (Å²) in [5.41, 5.74) is 0.0410. The van der Waals surface area contributed by atoms with Crippen LogP contribution in [0.1, 0.15) is 25.1 Å². The molecule has 0 atom stereocenters. The van der Waals surface area contributed by atoms with Gasteiger partial charge in [-0.3, -0.25) is 20.2 Å². The third-order valence-electron chi connectivity index (χ3n) is 3.87. The number of piperidine rings is 1. The van der Waals surface area contributed by atoms with Gasteiger partial charge in [-0.1, -0.05) is 0 Å². The molecule has 1 aromatic heterocycles. The van der Waals surface area contributed by atoms with Crippen LogP contribution < -0.4 is 4.90 Å². The topological polar surface area (TPSA) is 118 Å². The van der Waals surface area contributed by atoms with Crippen LogP contribution in [0.25, 0.3) is 11.0 Å². The Morgan fingerprint density at radius 1 is 1.18 bits per heavy atom. The molecular weight excluding hydrogens is 290 g/mol. The molecule has 0 spiro atoms. The first-order chi connectivity index (χ1) is 10.5. The molecule has 3 rings (SSSR count). The molecule has 0 radical (unpaired) electrons. The van der Waals surface area contributed by atoms with Crippen LogP contribution >= 0.6 is 0 Å². The van der Waals surface area contributed by atoms with Crippen molar-refractivity contribution in [1.29, 1.82) is 0 Å². The zero-order valence-electron chi connectivity index (χ0n) is 12.0. The maximum atomic E-state index is 11.6. The van der Waals surface area contributed by atoms with Gasteiger partial charge in [0.1, 0.15) is 5.82 Å². The van der Waals surface area contributed by atoms with Crippen molar-refractivity contribution in [3.05, 3.63) is 32.1 Å². The van der Waals surface area contributed by atoms with E-state index in [0.29, 0.717) is 24.4 Å². The van der Waals surface area contributed by atoms with Crippen LogP contribution in [0.5, 0.6) is 0 Å². The summed E-state index contributed by atoms with van der Waals surface area (Å²) in [6, 6.07) is 1.34. The van der Waals surface area contributed by atoms with Crippen molar-refractivity contribution in [3.63, 3.8) is 0 Å². The van der Waals surface area contributed by atoms with Crippen molar-refractivity contribution >= 4 is 28.1 Å². The van der Waals surface area contributed by atoms with Crippen LogP contribution in [0, 0.1) is 27.2 Å². The number of nitro groups is 2. The van der Waals surface area contributed by atoms with Crippen molar-refractivity contribution in [1.82, 2.24) is 9.97 Å². The van der Waals surface area contributed by atoms with Crippen molar-refractivity contribution in [2.45, 2.75) is 26.2 Å². The fourth-order valence-electron chi connectivity index (χ4n) is 2.97. The van der Waals surface area contributed by atoms with E-state index in [1.54, 1.807) is 11.8 Å². The van der Waals surface area contributed by atoms with Crippen LogP contribution in [0.4, 0.5) is 17.1 Å². The first-order valence-corrected chi connectivity index (χ1v) is 7.06. The third-order valence-corrected chi connectivity index (χ3v) is 3.87. The van der Waals surface area contributed by atoms with Crippen LogP contribution in [-0.2, 0) is 0 Å². The standard InChI is InChI=1S/C13H15N5O4/c1-8-14-9-7-10(17(19)20)12(16-5-3-2-4-6-16)13(18(21)22)11(9)15-8/h7H,2-6H2,1H3,(H,14,15). The number of hydrogen-bond donors (Lipinski definition) is 1. The Morgan fingerprint density at radius 3 is 2.45 bits per heavy atom. The highest BCUT2D eigenvalue weighted by Crippen LogP contribution is 2.43. The number of nitrogens with one attached hydrogen (secondary N) is 1. The van der Waals surface area contributed by atoms with E-state index in [4.69, 9.17) is 0 Å². The van der Waals surface area contributed by atoms with Crippen LogP contribution in [0.2, 0.25) is 0 Å². The van der Waals surface area contributed by atoms with E-state index in [9.17, 15) is 20.2 Å². The lowest BCUT2D eigenvalue weighted by Crippen LogP contribution is -2.30. The molecule has 1 saturated heterocycles. The number of anilines is 1. The molecule has 0 aliphatic carbocycles. The molecule has 0 unspecified atom stereocenters. The minimum Gasteiger partial charge on any atom is -0.360 e. The van der Waals surface area contributed by atoms with Crippen molar-refractivity contribution in [2.24, 2.45) is 0 Å². The van der Waals surface area contributed by atoms with Crippen LogP contribution in [0.3, 0.4) is 0 Å². The Bertz CT molecular complexity index is 763. The first-order valence-electron chi connectivity index (χ1n) is 7.06. The average molecular weight is 305 g/mol. The summed E-state index contributed by atoms with van der Waals surface area (Å²) >= 11 is 0. The van der Waals surface area contributed by atoms with Crippen LogP contribution in [-0.4, -0.2) is 32.9 Å². The fraction of sp³-hybridized carbons (Fsp3) is 0.462. The van der Waals surface area contributed by atoms with Gasteiger partial charge in [-0.25, -0.2) is 4.98 Å². The summed E-state index contributed by atoms with van der Waals surface area (Å²) in [5, 5.41) is 23.0. The van der Waals surface area contributed by atoms with E-state index in [1.165, 1.54) is 6.07 Å². The Hall–Kier alpha value is -2.71. The van der Waals surface area contributed by atoms with Gasteiger partial charge in [-0.2, -0.15) is 0 Å². The van der Waals surface area contributed by atoms with Gasteiger partial charge in [0.05, 0.1) is 15.4 Å². The number of hydrogen-bond acceptors (Lipinski definition) is 6. The van der Waals surface area contributed by atoms with E-state index in [-0.39, 0.29) is 22.6 Å². The highest BCUT2D eigenvalue weighted by atomic mass is 16.6. The maximum absolute atomic E-state index is 11.6. The lowest BCUT2D eigenvalue weighted by molar-refractivity contribution is -0.391. The number of nitrogens with zero attached hydrogens (tertiary/aromatic N) is 4. The zero-order chi connectivity index (χ0) is 15.9. The molecule has 2 aromatic rings. The molecule has 0 amide bonds. The first kappa shape index (κ1) is 14.2.